The molecule has 7 nitrogen and oxygen atoms in total. The maximum atomic E-state index is 13.3. The number of methoxy groups -OCH3 is 2. The zero-order valence-corrected chi connectivity index (χ0v) is 16.7. The van der Waals surface area contributed by atoms with Crippen LogP contribution in [0.1, 0.15) is 0 Å². The number of rotatable bonds is 5. The lowest BCUT2D eigenvalue weighted by Gasteiger charge is -2.23. The zero-order chi connectivity index (χ0) is 20.9. The van der Waals surface area contributed by atoms with Crippen LogP contribution < -0.4 is 19.7 Å². The van der Waals surface area contributed by atoms with Crippen molar-refractivity contribution in [1.29, 1.82) is 0 Å². The van der Waals surface area contributed by atoms with Gasteiger partial charge in [-0.05, 0) is 24.3 Å². The van der Waals surface area contributed by atoms with E-state index in [2.05, 4.69) is 5.32 Å². The lowest BCUT2D eigenvalue weighted by atomic mass is 9.77. The van der Waals surface area contributed by atoms with E-state index < -0.39 is 23.5 Å². The van der Waals surface area contributed by atoms with Gasteiger partial charge in [0.15, 0.2) is 11.5 Å². The minimum absolute atomic E-state index is 0.0829. The zero-order valence-electron chi connectivity index (χ0n) is 16.7. The fourth-order valence-electron chi connectivity index (χ4n) is 4.76. The normalized spacial score (nSPS) is 28.5. The van der Waals surface area contributed by atoms with Crippen LogP contribution in [-0.4, -0.2) is 44.3 Å². The minimum atomic E-state index is -0.753. The average Bonchev–Trinajstić information content (AvgIpc) is 3.42. The molecule has 5 rings (SSSR count). The number of carbonyl (C=O) groups is 2. The summed E-state index contributed by atoms with van der Waals surface area (Å²) in [4.78, 5) is 28.3. The molecule has 2 aromatic carbocycles. The van der Waals surface area contributed by atoms with E-state index in [-0.39, 0.29) is 11.8 Å². The molecule has 4 atom stereocenters. The van der Waals surface area contributed by atoms with Gasteiger partial charge < -0.3 is 24.4 Å². The summed E-state index contributed by atoms with van der Waals surface area (Å²) in [5.41, 5.74) is 0.631. The lowest BCUT2D eigenvalue weighted by molar-refractivity contribution is -0.128. The van der Waals surface area contributed by atoms with Gasteiger partial charge in [-0.1, -0.05) is 30.4 Å². The molecular weight excluding hydrogens is 384 g/mol. The molecule has 2 bridgehead atoms. The summed E-state index contributed by atoms with van der Waals surface area (Å²) in [5, 5.41) is 2.92. The molecule has 0 radical (unpaired) electrons. The van der Waals surface area contributed by atoms with Crippen molar-refractivity contribution in [1.82, 2.24) is 0 Å². The quantitative estimate of drug-likeness (QED) is 0.773. The van der Waals surface area contributed by atoms with Crippen LogP contribution in [0.5, 0.6) is 11.5 Å². The number of carbonyl (C=O) groups excluding carboxylic acids is 2. The van der Waals surface area contributed by atoms with Crippen LogP contribution in [0.4, 0.5) is 11.4 Å². The van der Waals surface area contributed by atoms with Crippen LogP contribution >= 0.6 is 0 Å². The fourth-order valence-corrected chi connectivity index (χ4v) is 4.76. The Morgan fingerprint density at radius 1 is 1.13 bits per heavy atom. The third-order valence-corrected chi connectivity index (χ3v) is 6.12. The van der Waals surface area contributed by atoms with Gasteiger partial charge in [0.1, 0.15) is 5.60 Å². The second-order valence-electron chi connectivity index (χ2n) is 7.72. The van der Waals surface area contributed by atoms with Crippen LogP contribution in [0.25, 0.3) is 0 Å². The van der Waals surface area contributed by atoms with Crippen molar-refractivity contribution in [2.45, 2.75) is 11.7 Å². The number of nitrogens with zero attached hydrogens (tertiary/aromatic N) is 1. The van der Waals surface area contributed by atoms with E-state index in [1.54, 1.807) is 30.2 Å². The van der Waals surface area contributed by atoms with E-state index >= 15 is 0 Å². The second kappa shape index (κ2) is 6.88. The molecule has 3 heterocycles. The van der Waals surface area contributed by atoms with Crippen LogP contribution in [-0.2, 0) is 14.3 Å². The molecule has 7 heteroatoms. The topological polar surface area (TPSA) is 77.1 Å². The first kappa shape index (κ1) is 18.7. The number of hydrogen-bond donors (Lipinski definition) is 1. The summed E-state index contributed by atoms with van der Waals surface area (Å²) in [5.74, 6) is -0.377. The van der Waals surface area contributed by atoms with E-state index in [9.17, 15) is 9.59 Å². The Kier molecular flexibility index (Phi) is 4.29. The number of para-hydroxylation sites is 1. The summed E-state index contributed by atoms with van der Waals surface area (Å²) in [6.07, 6.45) is 3.44. The first-order valence-corrected chi connectivity index (χ1v) is 9.83. The molecule has 2 aromatic rings. The van der Waals surface area contributed by atoms with Crippen LogP contribution in [0, 0.1) is 11.8 Å². The van der Waals surface area contributed by atoms with Crippen molar-refractivity contribution in [3.05, 3.63) is 60.7 Å². The van der Waals surface area contributed by atoms with E-state index in [0.717, 1.165) is 5.69 Å². The Balaban J connectivity index is 1.41. The van der Waals surface area contributed by atoms with Gasteiger partial charge in [0, 0.05) is 17.4 Å². The smallest absolute Gasteiger partial charge is 0.234 e. The third kappa shape index (κ3) is 2.69. The molecular formula is C23H22N2O5. The average molecular weight is 406 g/mol. The van der Waals surface area contributed by atoms with Gasteiger partial charge >= 0.3 is 0 Å². The van der Waals surface area contributed by atoms with Gasteiger partial charge in [-0.15, -0.1) is 0 Å². The SMILES string of the molecule is COc1ccc(NC(=O)[C@@H]2[C@H]3C(=O)N(c4ccccc4)C[C@]34C=C[C@H]2O4)cc1OC. The highest BCUT2D eigenvalue weighted by atomic mass is 16.5. The number of hydrogen-bond acceptors (Lipinski definition) is 5. The first-order valence-electron chi connectivity index (χ1n) is 9.83. The number of nitrogens with one attached hydrogen (secondary N) is 1. The van der Waals surface area contributed by atoms with Crippen molar-refractivity contribution in [3.8, 4) is 11.5 Å². The van der Waals surface area contributed by atoms with Gasteiger partial charge in [-0.2, -0.15) is 0 Å². The Bertz CT molecular complexity index is 1040. The van der Waals surface area contributed by atoms with Crippen LogP contribution in [0.15, 0.2) is 60.7 Å². The molecule has 0 unspecified atom stereocenters. The molecule has 0 aliphatic carbocycles. The molecule has 2 fully saturated rings. The van der Waals surface area contributed by atoms with Crippen molar-refractivity contribution in [2.75, 3.05) is 31.0 Å². The van der Waals surface area contributed by atoms with Gasteiger partial charge in [0.2, 0.25) is 11.8 Å². The maximum absolute atomic E-state index is 13.3. The molecule has 154 valence electrons. The highest BCUT2D eigenvalue weighted by Crippen LogP contribution is 2.52. The highest BCUT2D eigenvalue weighted by molar-refractivity contribution is 6.05. The summed E-state index contributed by atoms with van der Waals surface area (Å²) < 4.78 is 16.7. The molecule has 30 heavy (non-hydrogen) atoms. The Morgan fingerprint density at radius 3 is 2.63 bits per heavy atom. The Morgan fingerprint density at radius 2 is 1.90 bits per heavy atom. The number of amides is 2. The number of benzene rings is 2. The van der Waals surface area contributed by atoms with E-state index in [1.807, 2.05) is 42.5 Å². The Hall–Kier alpha value is -3.32. The Labute approximate surface area is 174 Å². The fraction of sp³-hybridized carbons (Fsp3) is 0.304. The van der Waals surface area contributed by atoms with E-state index in [4.69, 9.17) is 14.2 Å². The molecule has 3 aliphatic heterocycles. The predicted molar refractivity (Wildman–Crippen MR) is 111 cm³/mol. The van der Waals surface area contributed by atoms with Crippen LogP contribution in [0.2, 0.25) is 0 Å². The number of fused-ring (bicyclic) bond motifs is 1. The monoisotopic (exact) mass is 406 g/mol. The summed E-state index contributed by atoms with van der Waals surface area (Å²) in [6.45, 7) is 0.410. The minimum Gasteiger partial charge on any atom is -0.493 e. The van der Waals surface area contributed by atoms with Gasteiger partial charge in [-0.25, -0.2) is 0 Å². The van der Waals surface area contributed by atoms with E-state index in [1.165, 1.54) is 7.11 Å². The number of ether oxygens (including phenoxy) is 3. The molecule has 2 saturated heterocycles. The van der Waals surface area contributed by atoms with Gasteiger partial charge in [0.25, 0.3) is 0 Å². The predicted octanol–water partition coefficient (Wildman–Crippen LogP) is 2.63. The van der Waals surface area contributed by atoms with Gasteiger partial charge in [-0.3, -0.25) is 9.59 Å². The maximum Gasteiger partial charge on any atom is 0.234 e. The standard InChI is InChI=1S/C23H22N2O5/c1-28-16-9-8-14(12-18(16)29-2)24-21(26)19-17-10-11-23(30-17)13-25(22(27)20(19)23)15-6-4-3-5-7-15/h3-12,17,19-20H,13H2,1-2H3,(H,24,26)/t17-,19+,20+,23-/m1/s1. The molecule has 2 amide bonds. The highest BCUT2D eigenvalue weighted by Gasteiger charge is 2.67. The number of anilines is 2. The molecule has 1 spiro atoms. The first-order chi connectivity index (χ1) is 14.6. The third-order valence-electron chi connectivity index (χ3n) is 6.12. The molecule has 1 N–H and O–H groups in total. The van der Waals surface area contributed by atoms with Crippen LogP contribution in [0.3, 0.4) is 0 Å². The summed E-state index contributed by atoms with van der Waals surface area (Å²) in [6, 6.07) is 14.6. The summed E-state index contributed by atoms with van der Waals surface area (Å²) >= 11 is 0. The molecule has 0 saturated carbocycles. The van der Waals surface area contributed by atoms with E-state index in [0.29, 0.717) is 23.7 Å². The van der Waals surface area contributed by atoms with Crippen molar-refractivity contribution >= 4 is 23.2 Å². The van der Waals surface area contributed by atoms with Crippen molar-refractivity contribution in [2.24, 2.45) is 11.8 Å². The van der Waals surface area contributed by atoms with Crippen molar-refractivity contribution < 1.29 is 23.8 Å². The van der Waals surface area contributed by atoms with Crippen molar-refractivity contribution in [3.63, 3.8) is 0 Å². The largest absolute Gasteiger partial charge is 0.493 e. The second-order valence-corrected chi connectivity index (χ2v) is 7.72. The summed E-state index contributed by atoms with van der Waals surface area (Å²) in [7, 11) is 3.09. The van der Waals surface area contributed by atoms with Gasteiger partial charge in [0.05, 0.1) is 38.7 Å². The molecule has 0 aromatic heterocycles. The lowest BCUT2D eigenvalue weighted by Crippen LogP contribution is -2.41. The molecule has 3 aliphatic rings.